The van der Waals surface area contributed by atoms with Gasteiger partial charge >= 0.3 is 5.97 Å². The van der Waals surface area contributed by atoms with Crippen molar-refractivity contribution in [3.63, 3.8) is 0 Å². The van der Waals surface area contributed by atoms with Crippen LogP contribution in [-0.4, -0.2) is 31.4 Å². The average Bonchev–Trinajstić information content (AvgIpc) is 3.19. The van der Waals surface area contributed by atoms with Crippen molar-refractivity contribution in [3.8, 4) is 0 Å². The maximum atomic E-state index is 12.2. The van der Waals surface area contributed by atoms with Gasteiger partial charge in [-0.15, -0.1) is 11.3 Å². The molecule has 138 valence electrons. The number of hydrogen-bond donors (Lipinski definition) is 2. The third-order valence-corrected chi connectivity index (χ3v) is 4.57. The number of rotatable bonds is 9. The van der Waals surface area contributed by atoms with Gasteiger partial charge in [-0.05, 0) is 42.5 Å². The van der Waals surface area contributed by atoms with Crippen molar-refractivity contribution < 1.29 is 19.1 Å². The van der Waals surface area contributed by atoms with Crippen LogP contribution in [0.4, 0.5) is 5.69 Å². The van der Waals surface area contributed by atoms with Crippen LogP contribution < -0.4 is 10.6 Å². The van der Waals surface area contributed by atoms with Crippen LogP contribution in [0.25, 0.3) is 0 Å². The predicted octanol–water partition coefficient (Wildman–Crippen LogP) is 3.46. The second kappa shape index (κ2) is 10.4. The molecule has 0 saturated heterocycles. The number of anilines is 1. The van der Waals surface area contributed by atoms with Crippen LogP contribution in [0.3, 0.4) is 0 Å². The minimum absolute atomic E-state index is 0.190. The van der Waals surface area contributed by atoms with Crippen molar-refractivity contribution in [1.82, 2.24) is 5.32 Å². The van der Waals surface area contributed by atoms with Crippen molar-refractivity contribution in [1.29, 1.82) is 0 Å². The first-order valence-corrected chi connectivity index (χ1v) is 9.28. The number of ether oxygens (including phenoxy) is 1. The molecule has 1 aromatic heterocycles. The van der Waals surface area contributed by atoms with Gasteiger partial charge in [-0.25, -0.2) is 0 Å². The largest absolute Gasteiger partial charge is 0.469 e. The normalized spacial score (nSPS) is 10.2. The lowest BCUT2D eigenvalue weighted by Gasteiger charge is -2.08. The van der Waals surface area contributed by atoms with Gasteiger partial charge in [0, 0.05) is 24.2 Å². The lowest BCUT2D eigenvalue weighted by Crippen LogP contribution is -2.24. The van der Waals surface area contributed by atoms with E-state index >= 15 is 0 Å². The number of amides is 2. The molecule has 0 aliphatic heterocycles. The summed E-state index contributed by atoms with van der Waals surface area (Å²) in [6.07, 6.45) is 2.77. The molecule has 1 aromatic carbocycles. The third kappa shape index (κ3) is 6.33. The highest BCUT2D eigenvalue weighted by atomic mass is 32.1. The van der Waals surface area contributed by atoms with Crippen molar-refractivity contribution in [3.05, 3.63) is 52.2 Å². The van der Waals surface area contributed by atoms with Crippen molar-refractivity contribution in [2.45, 2.75) is 25.7 Å². The van der Waals surface area contributed by atoms with E-state index in [0.717, 1.165) is 19.3 Å². The summed E-state index contributed by atoms with van der Waals surface area (Å²) in [6, 6.07) is 10.4. The Balaban J connectivity index is 1.77. The van der Waals surface area contributed by atoms with Gasteiger partial charge in [0.05, 0.1) is 12.0 Å². The van der Waals surface area contributed by atoms with Crippen molar-refractivity contribution in [2.75, 3.05) is 19.0 Å². The van der Waals surface area contributed by atoms with Gasteiger partial charge in [-0.2, -0.15) is 0 Å². The second-order valence-electron chi connectivity index (χ2n) is 5.65. The van der Waals surface area contributed by atoms with E-state index in [1.807, 2.05) is 11.4 Å². The molecule has 0 unspecified atom stereocenters. The van der Waals surface area contributed by atoms with Gasteiger partial charge in [-0.1, -0.05) is 18.6 Å². The summed E-state index contributed by atoms with van der Waals surface area (Å²) in [5.41, 5.74) is 1.07. The van der Waals surface area contributed by atoms with Crippen LogP contribution in [0, 0.1) is 0 Å². The minimum atomic E-state index is -0.213. The average molecular weight is 374 g/mol. The first-order valence-electron chi connectivity index (χ1n) is 8.40. The summed E-state index contributed by atoms with van der Waals surface area (Å²) in [5, 5.41) is 7.47. The highest BCUT2D eigenvalue weighted by Crippen LogP contribution is 2.15. The van der Waals surface area contributed by atoms with Gasteiger partial charge in [0.1, 0.15) is 0 Å². The van der Waals surface area contributed by atoms with E-state index in [0.29, 0.717) is 29.1 Å². The quantitative estimate of drug-likeness (QED) is 0.520. The molecular weight excluding hydrogens is 352 g/mol. The number of hydrogen-bond acceptors (Lipinski definition) is 5. The van der Waals surface area contributed by atoms with E-state index in [2.05, 4.69) is 15.4 Å². The minimum Gasteiger partial charge on any atom is -0.469 e. The summed E-state index contributed by atoms with van der Waals surface area (Å²) < 4.78 is 4.58. The smallest absolute Gasteiger partial charge is 0.305 e. The molecular formula is C19H22N2O4S. The van der Waals surface area contributed by atoms with E-state index in [1.165, 1.54) is 18.4 Å². The lowest BCUT2D eigenvalue weighted by molar-refractivity contribution is -0.140. The molecule has 0 atom stereocenters. The molecule has 2 rings (SSSR count). The lowest BCUT2D eigenvalue weighted by atomic mass is 10.1. The molecule has 2 aromatic rings. The summed E-state index contributed by atoms with van der Waals surface area (Å²) >= 11 is 1.36. The number of unbranched alkanes of at least 4 members (excludes halogenated alkanes) is 2. The Morgan fingerprint density at radius 1 is 1.04 bits per heavy atom. The molecule has 0 spiro atoms. The molecule has 7 heteroatoms. The van der Waals surface area contributed by atoms with Gasteiger partial charge < -0.3 is 15.4 Å². The Labute approximate surface area is 156 Å². The Morgan fingerprint density at radius 2 is 1.88 bits per heavy atom. The van der Waals surface area contributed by atoms with Crippen LogP contribution in [0.2, 0.25) is 0 Å². The number of carbonyl (C=O) groups excluding carboxylic acids is 3. The van der Waals surface area contributed by atoms with Gasteiger partial charge in [-0.3, -0.25) is 14.4 Å². The van der Waals surface area contributed by atoms with Crippen LogP contribution >= 0.6 is 11.3 Å². The summed E-state index contributed by atoms with van der Waals surface area (Å²) in [5.74, 6) is -0.594. The maximum Gasteiger partial charge on any atom is 0.305 e. The highest BCUT2D eigenvalue weighted by molar-refractivity contribution is 7.12. The first-order chi connectivity index (χ1) is 12.6. The Bertz CT molecular complexity index is 744. The molecule has 0 aliphatic rings. The molecule has 2 amide bonds. The van der Waals surface area contributed by atoms with E-state index in [-0.39, 0.29) is 17.8 Å². The maximum absolute atomic E-state index is 12.2. The third-order valence-electron chi connectivity index (χ3n) is 3.70. The summed E-state index contributed by atoms with van der Waals surface area (Å²) in [6.45, 7) is 0.534. The zero-order valence-corrected chi connectivity index (χ0v) is 15.4. The first kappa shape index (κ1) is 19.7. The second-order valence-corrected chi connectivity index (χ2v) is 6.60. The van der Waals surface area contributed by atoms with Crippen LogP contribution in [-0.2, 0) is 9.53 Å². The fourth-order valence-electron chi connectivity index (χ4n) is 2.32. The Kier molecular flexibility index (Phi) is 7.82. The fraction of sp³-hybridized carbons (Fsp3) is 0.316. The van der Waals surface area contributed by atoms with Gasteiger partial charge in [0.25, 0.3) is 11.8 Å². The SMILES string of the molecule is COC(=O)CCCCCNC(=O)c1cccc(NC(=O)c2cccs2)c1. The van der Waals surface area contributed by atoms with E-state index in [9.17, 15) is 14.4 Å². The fourth-order valence-corrected chi connectivity index (χ4v) is 2.93. The molecule has 0 saturated carbocycles. The van der Waals surface area contributed by atoms with Crippen LogP contribution in [0.15, 0.2) is 41.8 Å². The number of thiophene rings is 1. The molecule has 0 aliphatic carbocycles. The van der Waals surface area contributed by atoms with E-state index in [1.54, 1.807) is 30.3 Å². The van der Waals surface area contributed by atoms with E-state index in [4.69, 9.17) is 0 Å². The molecule has 0 bridgehead atoms. The van der Waals surface area contributed by atoms with Crippen LogP contribution in [0.5, 0.6) is 0 Å². The molecule has 0 fully saturated rings. The Hall–Kier alpha value is -2.67. The molecule has 2 N–H and O–H groups in total. The summed E-state index contributed by atoms with van der Waals surface area (Å²) in [7, 11) is 1.37. The number of nitrogens with one attached hydrogen (secondary N) is 2. The zero-order valence-electron chi connectivity index (χ0n) is 14.6. The number of carbonyl (C=O) groups is 3. The van der Waals surface area contributed by atoms with Crippen molar-refractivity contribution in [2.24, 2.45) is 0 Å². The van der Waals surface area contributed by atoms with Crippen molar-refractivity contribution >= 4 is 34.8 Å². The number of methoxy groups -OCH3 is 1. The monoisotopic (exact) mass is 374 g/mol. The highest BCUT2D eigenvalue weighted by Gasteiger charge is 2.09. The van der Waals surface area contributed by atoms with Gasteiger partial charge in [0.15, 0.2) is 0 Å². The standard InChI is InChI=1S/C19H22N2O4S/c1-25-17(22)10-3-2-4-11-20-18(23)14-7-5-8-15(13-14)21-19(24)16-9-6-12-26-16/h5-9,12-13H,2-4,10-11H2,1H3,(H,20,23)(H,21,24). The number of benzene rings is 1. The predicted molar refractivity (Wildman–Crippen MR) is 102 cm³/mol. The molecule has 6 nitrogen and oxygen atoms in total. The van der Waals surface area contributed by atoms with E-state index < -0.39 is 0 Å². The van der Waals surface area contributed by atoms with Crippen LogP contribution in [0.1, 0.15) is 45.7 Å². The topological polar surface area (TPSA) is 84.5 Å². The zero-order chi connectivity index (χ0) is 18.8. The molecule has 26 heavy (non-hydrogen) atoms. The Morgan fingerprint density at radius 3 is 2.62 bits per heavy atom. The molecule has 0 radical (unpaired) electrons. The number of esters is 1. The van der Waals surface area contributed by atoms with Gasteiger partial charge in [0.2, 0.25) is 0 Å². The summed E-state index contributed by atoms with van der Waals surface area (Å²) in [4.78, 5) is 35.9. The molecule has 1 heterocycles.